The molecule has 186 valence electrons. The number of methoxy groups -OCH3 is 1. The molecule has 0 aliphatic carbocycles. The zero-order chi connectivity index (χ0) is 22.1. The second kappa shape index (κ2) is 11.6. The second-order valence-corrected chi connectivity index (χ2v) is 7.91. The van der Waals surface area contributed by atoms with E-state index in [-0.39, 0.29) is 46.9 Å². The van der Waals surface area contributed by atoms with Crippen LogP contribution in [0.1, 0.15) is 19.5 Å². The van der Waals surface area contributed by atoms with Crippen molar-refractivity contribution in [3.63, 3.8) is 0 Å². The maximum Gasteiger partial charge on any atom is 0.337 e. The van der Waals surface area contributed by atoms with Gasteiger partial charge in [-0.05, 0) is 25.5 Å². The molecule has 0 saturated heterocycles. The lowest BCUT2D eigenvalue weighted by Gasteiger charge is -2.35. The number of pyridine rings is 1. The number of aryl methyl sites for hydroxylation is 1. The lowest BCUT2D eigenvalue weighted by Crippen LogP contribution is -2.39. The van der Waals surface area contributed by atoms with Crippen molar-refractivity contribution in [2.24, 2.45) is 18.9 Å². The quantitative estimate of drug-likeness (QED) is 0.498. The third kappa shape index (κ3) is 5.04. The van der Waals surface area contributed by atoms with Crippen molar-refractivity contribution in [2.45, 2.75) is 26.4 Å². The molecule has 1 aliphatic heterocycles. The van der Waals surface area contributed by atoms with E-state index in [2.05, 4.69) is 21.7 Å². The van der Waals surface area contributed by atoms with Crippen LogP contribution in [-0.2, 0) is 37.3 Å². The van der Waals surface area contributed by atoms with Gasteiger partial charge in [-0.25, -0.2) is 4.79 Å². The third-order valence-corrected chi connectivity index (χ3v) is 6.13. The third-order valence-electron chi connectivity index (χ3n) is 6.13. The van der Waals surface area contributed by atoms with Crippen molar-refractivity contribution in [3.05, 3.63) is 54.1 Å². The molecule has 6 N–H and O–H groups in total. The summed E-state index contributed by atoms with van der Waals surface area (Å²) in [5.74, 6) is -1.30. The van der Waals surface area contributed by atoms with Gasteiger partial charge in [-0.15, -0.1) is 0 Å². The highest BCUT2D eigenvalue weighted by atomic mass is 16.5. The molecule has 10 heteroatoms. The molecule has 1 aromatic carbocycles. The Balaban J connectivity index is 0.00000193. The summed E-state index contributed by atoms with van der Waals surface area (Å²) >= 11 is 0. The van der Waals surface area contributed by atoms with Crippen molar-refractivity contribution in [2.75, 3.05) is 13.7 Å². The molecule has 3 heterocycles. The summed E-state index contributed by atoms with van der Waals surface area (Å²) < 4.78 is 18.2. The van der Waals surface area contributed by atoms with Gasteiger partial charge in [0.1, 0.15) is 6.10 Å². The Bertz CT molecular complexity index is 1190. The zero-order valence-electron chi connectivity index (χ0n) is 19.6. The average molecular weight is 477 g/mol. The van der Waals surface area contributed by atoms with Gasteiger partial charge in [-0.3, -0.25) is 9.78 Å². The molecule has 34 heavy (non-hydrogen) atoms. The van der Waals surface area contributed by atoms with Crippen LogP contribution < -0.4 is 0 Å². The van der Waals surface area contributed by atoms with E-state index in [1.807, 2.05) is 32.2 Å². The Morgan fingerprint density at radius 2 is 1.82 bits per heavy atom. The minimum atomic E-state index is -0.450. The molecule has 2 aromatic heterocycles. The Morgan fingerprint density at radius 1 is 1.12 bits per heavy atom. The first-order valence-electron chi connectivity index (χ1n) is 10.3. The first kappa shape index (κ1) is 28.6. The smallest absolute Gasteiger partial charge is 0.337 e. The molecule has 3 atom stereocenters. The largest absolute Gasteiger partial charge is 0.497 e. The van der Waals surface area contributed by atoms with E-state index < -0.39 is 5.97 Å². The molecule has 3 aromatic rings. The molecule has 0 spiro atoms. The fraction of sp³-hybridized carbons (Fsp3) is 0.375. The Morgan fingerprint density at radius 3 is 2.50 bits per heavy atom. The number of ether oxygens (including phenoxy) is 3. The Kier molecular flexibility index (Phi) is 9.74. The van der Waals surface area contributed by atoms with E-state index >= 15 is 0 Å². The zero-order valence-corrected chi connectivity index (χ0v) is 19.6. The summed E-state index contributed by atoms with van der Waals surface area (Å²) in [6.45, 7) is 3.44. The molecule has 0 saturated carbocycles. The highest BCUT2D eigenvalue weighted by Gasteiger charge is 2.39. The molecule has 0 fully saturated rings. The maximum absolute atomic E-state index is 12.5. The Hall–Kier alpha value is -3.47. The van der Waals surface area contributed by atoms with Crippen molar-refractivity contribution in [1.82, 2.24) is 9.55 Å². The van der Waals surface area contributed by atoms with E-state index in [0.29, 0.717) is 12.0 Å². The van der Waals surface area contributed by atoms with Crippen LogP contribution in [0.4, 0.5) is 0 Å². The predicted molar refractivity (Wildman–Crippen MR) is 127 cm³/mol. The number of fused-ring (bicyclic) bond motifs is 3. The number of rotatable bonds is 5. The van der Waals surface area contributed by atoms with Crippen LogP contribution in [0.2, 0.25) is 0 Å². The standard InChI is InChI=1S/C24H26N2O5.3H2O/c1-14-19(12-31-15(2)27)18(20(13-30-14)24(28)29-4)11-21-23-17(9-10-25-21)16-7-5-6-8-22(16)26(23)3;;;/h5-10,13-14,18-19H,11-12H2,1-4H3;3*1H2/t14-,18-,19-;;;/m0.../s1. The first-order valence-corrected chi connectivity index (χ1v) is 10.3. The SMILES string of the molecule is COC(=O)C1=CO[C@@H](C)[C@H](COC(C)=O)[C@@H]1Cc1nccc2c3ccccc3n(C)c12.O.O.O. The van der Waals surface area contributed by atoms with Crippen LogP contribution in [0.15, 0.2) is 48.4 Å². The number of hydrogen-bond donors (Lipinski definition) is 0. The van der Waals surface area contributed by atoms with E-state index in [0.717, 1.165) is 27.5 Å². The normalized spacial score (nSPS) is 19.1. The van der Waals surface area contributed by atoms with Gasteiger partial charge in [0.05, 0.1) is 36.8 Å². The second-order valence-electron chi connectivity index (χ2n) is 7.91. The van der Waals surface area contributed by atoms with Crippen LogP contribution in [-0.4, -0.2) is 57.7 Å². The summed E-state index contributed by atoms with van der Waals surface area (Å²) in [5.41, 5.74) is 3.44. The minimum absolute atomic E-state index is 0. The van der Waals surface area contributed by atoms with Gasteiger partial charge in [-0.2, -0.15) is 0 Å². The molecule has 4 rings (SSSR count). The van der Waals surface area contributed by atoms with Crippen molar-refractivity contribution in [1.29, 1.82) is 0 Å². The highest BCUT2D eigenvalue weighted by molar-refractivity contribution is 6.08. The van der Waals surface area contributed by atoms with E-state index in [1.165, 1.54) is 20.3 Å². The molecule has 10 nitrogen and oxygen atoms in total. The molecule has 0 amide bonds. The fourth-order valence-corrected chi connectivity index (χ4v) is 4.53. The van der Waals surface area contributed by atoms with E-state index in [1.54, 1.807) is 6.20 Å². The van der Waals surface area contributed by atoms with Crippen molar-refractivity contribution >= 4 is 33.7 Å². The number of aromatic nitrogens is 2. The van der Waals surface area contributed by atoms with Crippen LogP contribution in [0.3, 0.4) is 0 Å². The lowest BCUT2D eigenvalue weighted by atomic mass is 9.78. The van der Waals surface area contributed by atoms with Gasteiger partial charge in [0.2, 0.25) is 0 Å². The molecular formula is C24H32N2O8. The van der Waals surface area contributed by atoms with Crippen LogP contribution in [0.5, 0.6) is 0 Å². The summed E-state index contributed by atoms with van der Waals surface area (Å²) in [5, 5.41) is 2.27. The summed E-state index contributed by atoms with van der Waals surface area (Å²) in [4.78, 5) is 28.7. The number of carbonyl (C=O) groups excluding carboxylic acids is 2. The topological polar surface area (TPSA) is 174 Å². The number of esters is 2. The first-order chi connectivity index (χ1) is 14.9. The average Bonchev–Trinajstić information content (AvgIpc) is 3.06. The number of para-hydroxylation sites is 1. The van der Waals surface area contributed by atoms with Gasteiger partial charge in [0.15, 0.2) is 0 Å². The van der Waals surface area contributed by atoms with Gasteiger partial charge < -0.3 is 35.2 Å². The maximum atomic E-state index is 12.5. The van der Waals surface area contributed by atoms with Gasteiger partial charge >= 0.3 is 11.9 Å². The van der Waals surface area contributed by atoms with Gasteiger partial charge in [-0.1, -0.05) is 18.2 Å². The van der Waals surface area contributed by atoms with Crippen LogP contribution in [0.25, 0.3) is 21.8 Å². The number of nitrogens with zero attached hydrogens (tertiary/aromatic N) is 2. The van der Waals surface area contributed by atoms with Crippen molar-refractivity contribution in [3.8, 4) is 0 Å². The number of benzene rings is 1. The van der Waals surface area contributed by atoms with Crippen molar-refractivity contribution < 1.29 is 40.2 Å². The monoisotopic (exact) mass is 476 g/mol. The van der Waals surface area contributed by atoms with Crippen LogP contribution >= 0.6 is 0 Å². The summed E-state index contributed by atoms with van der Waals surface area (Å²) in [6.07, 6.45) is 3.54. The van der Waals surface area contributed by atoms with Gasteiger partial charge in [0, 0.05) is 48.3 Å². The Labute approximate surface area is 197 Å². The van der Waals surface area contributed by atoms with E-state index in [4.69, 9.17) is 14.2 Å². The summed E-state index contributed by atoms with van der Waals surface area (Å²) in [6, 6.07) is 10.2. The molecular weight excluding hydrogens is 444 g/mol. The fourth-order valence-electron chi connectivity index (χ4n) is 4.53. The summed E-state index contributed by atoms with van der Waals surface area (Å²) in [7, 11) is 3.37. The van der Waals surface area contributed by atoms with Gasteiger partial charge in [0.25, 0.3) is 0 Å². The molecule has 0 unspecified atom stereocenters. The highest BCUT2D eigenvalue weighted by Crippen LogP contribution is 2.37. The predicted octanol–water partition coefficient (Wildman–Crippen LogP) is 1.07. The van der Waals surface area contributed by atoms with Crippen LogP contribution in [0, 0.1) is 11.8 Å². The molecule has 0 radical (unpaired) electrons. The van der Waals surface area contributed by atoms with E-state index in [9.17, 15) is 9.59 Å². The number of carbonyl (C=O) groups is 2. The number of hydrogen-bond acceptors (Lipinski definition) is 6. The minimum Gasteiger partial charge on any atom is -0.497 e. The molecule has 0 bridgehead atoms. The lowest BCUT2D eigenvalue weighted by molar-refractivity contribution is -0.145. The molecule has 1 aliphatic rings.